The van der Waals surface area contributed by atoms with Gasteiger partial charge in [-0.3, -0.25) is 0 Å². The Morgan fingerprint density at radius 3 is 2.73 bits per heavy atom. The maximum atomic E-state index is 14.0. The summed E-state index contributed by atoms with van der Waals surface area (Å²) in [4.78, 5) is 4.27. The predicted octanol–water partition coefficient (Wildman–Crippen LogP) is 5.16. The molecule has 0 spiro atoms. The first kappa shape index (κ1) is 18.8. The van der Waals surface area contributed by atoms with Gasteiger partial charge >= 0.3 is 0 Å². The average Bonchev–Trinajstić information content (AvgIpc) is 2.63. The Labute approximate surface area is 156 Å². The van der Waals surface area contributed by atoms with E-state index in [0.29, 0.717) is 16.6 Å². The molecule has 6 heteroatoms. The van der Waals surface area contributed by atoms with E-state index in [2.05, 4.69) is 11.1 Å². The van der Waals surface area contributed by atoms with Crippen LogP contribution in [0.1, 0.15) is 36.9 Å². The molecule has 3 rings (SSSR count). The summed E-state index contributed by atoms with van der Waals surface area (Å²) in [6, 6.07) is 7.19. The summed E-state index contributed by atoms with van der Waals surface area (Å²) in [5, 5.41) is 9.32. The van der Waals surface area contributed by atoms with Crippen LogP contribution in [0.2, 0.25) is 5.02 Å². The molecule has 2 aromatic rings. The van der Waals surface area contributed by atoms with Crippen LogP contribution in [0, 0.1) is 17.6 Å². The third-order valence-corrected chi connectivity index (χ3v) is 4.81. The van der Waals surface area contributed by atoms with Gasteiger partial charge in [0.1, 0.15) is 12.4 Å². The maximum absolute atomic E-state index is 14.0. The van der Waals surface area contributed by atoms with Crippen molar-refractivity contribution in [3.05, 3.63) is 64.3 Å². The maximum Gasteiger partial charge on any atom is 0.251 e. The minimum absolute atomic E-state index is 0.131. The number of rotatable bonds is 6. The lowest BCUT2D eigenvalue weighted by molar-refractivity contribution is 0.251. The van der Waals surface area contributed by atoms with Crippen LogP contribution in [-0.4, -0.2) is 16.7 Å². The molecule has 0 saturated heterocycles. The highest BCUT2D eigenvalue weighted by atomic mass is 35.5. The number of aliphatic hydroxyl groups excluding tert-OH is 1. The number of allylic oxidation sites excluding steroid dienone is 2. The molecule has 0 saturated carbocycles. The Kier molecular flexibility index (Phi) is 6.22. The number of aromatic nitrogens is 1. The molecule has 1 aliphatic carbocycles. The van der Waals surface area contributed by atoms with Crippen LogP contribution >= 0.6 is 11.6 Å². The van der Waals surface area contributed by atoms with Crippen molar-refractivity contribution in [1.82, 2.24) is 4.98 Å². The third-order valence-electron chi connectivity index (χ3n) is 4.58. The fourth-order valence-corrected chi connectivity index (χ4v) is 3.21. The molecule has 26 heavy (non-hydrogen) atoms. The Hall–Kier alpha value is -1.98. The molecular formula is C20H20ClF2NO2. The molecule has 0 aliphatic heterocycles. The van der Waals surface area contributed by atoms with Gasteiger partial charge in [0.25, 0.3) is 5.88 Å². The van der Waals surface area contributed by atoms with Gasteiger partial charge in [-0.05, 0) is 61.4 Å². The number of aliphatic hydroxyl groups is 1. The predicted molar refractivity (Wildman–Crippen MR) is 97.0 cm³/mol. The van der Waals surface area contributed by atoms with Crippen molar-refractivity contribution in [2.24, 2.45) is 5.92 Å². The molecule has 0 radical (unpaired) electrons. The highest BCUT2D eigenvalue weighted by Crippen LogP contribution is 2.32. The van der Waals surface area contributed by atoms with Crippen molar-refractivity contribution in [3.63, 3.8) is 0 Å². The van der Waals surface area contributed by atoms with Crippen molar-refractivity contribution in [2.45, 2.75) is 32.3 Å². The summed E-state index contributed by atoms with van der Waals surface area (Å²) in [6.07, 6.45) is 5.56. The molecule has 138 valence electrons. The van der Waals surface area contributed by atoms with Crippen LogP contribution in [0.4, 0.5) is 8.78 Å². The van der Waals surface area contributed by atoms with E-state index < -0.39 is 11.6 Å². The smallest absolute Gasteiger partial charge is 0.251 e. The quantitative estimate of drug-likeness (QED) is 0.754. The van der Waals surface area contributed by atoms with Gasteiger partial charge in [-0.1, -0.05) is 23.7 Å². The van der Waals surface area contributed by atoms with Crippen LogP contribution < -0.4 is 4.74 Å². The first-order chi connectivity index (χ1) is 12.6. The van der Waals surface area contributed by atoms with Crippen molar-refractivity contribution in [1.29, 1.82) is 0 Å². The fraction of sp³-hybridized carbons (Fsp3) is 0.350. The average molecular weight is 380 g/mol. The van der Waals surface area contributed by atoms with Gasteiger partial charge in [0, 0.05) is 17.2 Å². The summed E-state index contributed by atoms with van der Waals surface area (Å²) in [7, 11) is 0. The van der Waals surface area contributed by atoms with E-state index >= 15 is 0 Å². The molecule has 1 aliphatic rings. The Balaban J connectivity index is 1.72. The van der Waals surface area contributed by atoms with E-state index in [1.807, 2.05) is 0 Å². The molecule has 1 aromatic carbocycles. The summed E-state index contributed by atoms with van der Waals surface area (Å²) in [6.45, 7) is 0.0654. The second-order valence-electron chi connectivity index (χ2n) is 6.39. The lowest BCUT2D eigenvalue weighted by Gasteiger charge is -2.21. The molecule has 1 atom stereocenters. The summed E-state index contributed by atoms with van der Waals surface area (Å²) in [5.41, 5.74) is 1.99. The Morgan fingerprint density at radius 1 is 1.19 bits per heavy atom. The summed E-state index contributed by atoms with van der Waals surface area (Å²) >= 11 is 5.72. The zero-order valence-corrected chi connectivity index (χ0v) is 15.0. The van der Waals surface area contributed by atoms with E-state index in [9.17, 15) is 8.78 Å². The van der Waals surface area contributed by atoms with Crippen LogP contribution in [0.25, 0.3) is 5.57 Å². The van der Waals surface area contributed by atoms with Gasteiger partial charge in [-0.25, -0.2) is 13.8 Å². The van der Waals surface area contributed by atoms with Crippen molar-refractivity contribution >= 4 is 17.2 Å². The van der Waals surface area contributed by atoms with Gasteiger partial charge < -0.3 is 9.84 Å². The molecule has 1 N–H and O–H groups in total. The topological polar surface area (TPSA) is 42.4 Å². The number of ether oxygens (including phenoxy) is 1. The fourth-order valence-electron chi connectivity index (χ4n) is 3.05. The minimum atomic E-state index is -0.585. The number of pyridine rings is 1. The monoisotopic (exact) mass is 379 g/mol. The first-order valence-electron chi connectivity index (χ1n) is 8.60. The number of hydrogen-bond donors (Lipinski definition) is 1. The molecule has 1 aromatic heterocycles. The highest BCUT2D eigenvalue weighted by molar-refractivity contribution is 6.30. The molecule has 0 bridgehead atoms. The van der Waals surface area contributed by atoms with Gasteiger partial charge in [0.15, 0.2) is 5.82 Å². The van der Waals surface area contributed by atoms with Crippen LogP contribution in [0.15, 0.2) is 36.4 Å². The van der Waals surface area contributed by atoms with Gasteiger partial charge in [-0.15, -0.1) is 0 Å². The van der Waals surface area contributed by atoms with Crippen molar-refractivity contribution in [2.75, 3.05) is 6.61 Å². The highest BCUT2D eigenvalue weighted by Gasteiger charge is 2.17. The second kappa shape index (κ2) is 8.60. The number of benzene rings is 1. The third kappa shape index (κ3) is 4.59. The van der Waals surface area contributed by atoms with Crippen molar-refractivity contribution in [3.8, 4) is 5.88 Å². The molecule has 1 unspecified atom stereocenters. The lowest BCUT2D eigenvalue weighted by atomic mass is 9.86. The molecule has 3 nitrogen and oxygen atoms in total. The van der Waals surface area contributed by atoms with E-state index in [0.717, 1.165) is 31.3 Å². The zero-order valence-electron chi connectivity index (χ0n) is 14.2. The van der Waals surface area contributed by atoms with E-state index in [1.54, 1.807) is 12.1 Å². The van der Waals surface area contributed by atoms with Crippen LogP contribution in [0.5, 0.6) is 5.88 Å². The van der Waals surface area contributed by atoms with Crippen LogP contribution in [0.3, 0.4) is 0 Å². The minimum Gasteiger partial charge on any atom is -0.471 e. The largest absolute Gasteiger partial charge is 0.471 e. The van der Waals surface area contributed by atoms with E-state index in [-0.39, 0.29) is 24.7 Å². The molecule has 0 fully saturated rings. The molecule has 1 heterocycles. The molecule has 0 amide bonds. The molecular weight excluding hydrogens is 360 g/mol. The lowest BCUT2D eigenvalue weighted by Crippen LogP contribution is -2.08. The van der Waals surface area contributed by atoms with Crippen molar-refractivity contribution < 1.29 is 18.6 Å². The number of halogens is 3. The van der Waals surface area contributed by atoms with E-state index in [1.165, 1.54) is 18.2 Å². The SMILES string of the molecule is OCCC1CC=C(c2ccc(F)c(OCc3ccc(Cl)cc3F)n2)CC1. The zero-order chi connectivity index (χ0) is 18.5. The normalized spacial score (nSPS) is 17.1. The van der Waals surface area contributed by atoms with Gasteiger partial charge in [-0.2, -0.15) is 0 Å². The standard InChI is InChI=1S/C20H20ClF2NO2/c21-16-6-5-15(18(23)11-16)12-26-20-17(22)7-8-19(24-20)14-3-1-13(2-4-14)9-10-25/h3,5-8,11,13,25H,1-2,4,9-10,12H2. The second-order valence-corrected chi connectivity index (χ2v) is 6.83. The van der Waals surface area contributed by atoms with Gasteiger partial charge in [0.05, 0.1) is 5.69 Å². The number of hydrogen-bond acceptors (Lipinski definition) is 3. The summed E-state index contributed by atoms with van der Waals surface area (Å²) in [5.74, 6) is -0.750. The Bertz CT molecular complexity index is 810. The van der Waals surface area contributed by atoms with Gasteiger partial charge in [0.2, 0.25) is 0 Å². The summed E-state index contributed by atoms with van der Waals surface area (Å²) < 4.78 is 33.2. The van der Waals surface area contributed by atoms with Crippen LogP contribution in [-0.2, 0) is 6.61 Å². The first-order valence-corrected chi connectivity index (χ1v) is 8.98. The van der Waals surface area contributed by atoms with E-state index in [4.69, 9.17) is 21.4 Å². The Morgan fingerprint density at radius 2 is 2.04 bits per heavy atom. The number of nitrogens with zero attached hydrogens (tertiary/aromatic N) is 1.